The number of aromatic hydroxyl groups is 1. The summed E-state index contributed by atoms with van der Waals surface area (Å²) in [5.74, 6) is -0.370. The lowest BCUT2D eigenvalue weighted by molar-refractivity contribution is -0.140. The van der Waals surface area contributed by atoms with Crippen LogP contribution in [0.2, 0.25) is 0 Å². The van der Waals surface area contributed by atoms with Gasteiger partial charge in [-0.15, -0.1) is 0 Å². The third-order valence-electron chi connectivity index (χ3n) is 3.36. The highest BCUT2D eigenvalue weighted by atomic mass is 16.6. The summed E-state index contributed by atoms with van der Waals surface area (Å²) in [5, 5.41) is 18.6. The van der Waals surface area contributed by atoms with Crippen LogP contribution in [0.1, 0.15) is 5.56 Å². The first-order valence-corrected chi connectivity index (χ1v) is 8.59. The van der Waals surface area contributed by atoms with E-state index in [0.717, 1.165) is 5.56 Å². The number of hydrogen-bond donors (Lipinski definition) is 1. The van der Waals surface area contributed by atoms with Crippen molar-refractivity contribution in [3.8, 4) is 17.6 Å². The van der Waals surface area contributed by atoms with Gasteiger partial charge in [-0.05, 0) is 23.8 Å². The Hall–Kier alpha value is -2.86. The number of rotatable bonds is 13. The van der Waals surface area contributed by atoms with Gasteiger partial charge in [-0.25, -0.2) is 4.79 Å². The molecule has 0 aliphatic rings. The maximum Gasteiger partial charge on any atom is 0.348 e. The molecule has 0 bridgehead atoms. The van der Waals surface area contributed by atoms with Crippen LogP contribution in [0.5, 0.6) is 11.5 Å². The van der Waals surface area contributed by atoms with Crippen LogP contribution in [0.4, 0.5) is 0 Å². The van der Waals surface area contributed by atoms with Gasteiger partial charge >= 0.3 is 5.97 Å². The van der Waals surface area contributed by atoms with Gasteiger partial charge in [0.2, 0.25) is 0 Å². The molecule has 0 aromatic heterocycles. The number of methoxy groups -OCH3 is 2. The smallest absolute Gasteiger partial charge is 0.348 e. The number of esters is 1. The van der Waals surface area contributed by atoms with Gasteiger partial charge in [0.05, 0.1) is 40.1 Å². The fourth-order valence-electron chi connectivity index (χ4n) is 1.94. The number of benzene rings is 1. The van der Waals surface area contributed by atoms with Gasteiger partial charge in [-0.3, -0.25) is 0 Å². The SMILES string of the molecule is COCCOCCOCCOC(=O)/C(C#N)=C/C=C/c1ccc(O)c(OC)c1. The minimum atomic E-state index is -0.726. The summed E-state index contributed by atoms with van der Waals surface area (Å²) in [6.45, 7) is 2.07. The molecule has 0 aliphatic heterocycles. The van der Waals surface area contributed by atoms with E-state index in [1.54, 1.807) is 37.5 Å². The van der Waals surface area contributed by atoms with Crippen LogP contribution in [0, 0.1) is 11.3 Å². The molecule has 1 rings (SSSR count). The van der Waals surface area contributed by atoms with Crippen LogP contribution in [0.25, 0.3) is 6.08 Å². The number of phenolic OH excluding ortho intramolecular Hbond substituents is 1. The van der Waals surface area contributed by atoms with E-state index >= 15 is 0 Å². The van der Waals surface area contributed by atoms with Gasteiger partial charge in [0.15, 0.2) is 11.5 Å². The van der Waals surface area contributed by atoms with Crippen molar-refractivity contribution in [1.29, 1.82) is 5.26 Å². The molecule has 152 valence electrons. The third kappa shape index (κ3) is 9.19. The Morgan fingerprint density at radius 3 is 2.43 bits per heavy atom. The average molecular weight is 391 g/mol. The predicted molar refractivity (Wildman–Crippen MR) is 102 cm³/mol. The van der Waals surface area contributed by atoms with E-state index in [2.05, 4.69) is 0 Å². The molecule has 0 saturated carbocycles. The van der Waals surface area contributed by atoms with E-state index in [0.29, 0.717) is 32.2 Å². The number of hydrogen-bond acceptors (Lipinski definition) is 8. The topological polar surface area (TPSA) is 107 Å². The van der Waals surface area contributed by atoms with Gasteiger partial charge in [0.1, 0.15) is 18.2 Å². The van der Waals surface area contributed by atoms with Crippen molar-refractivity contribution < 1.29 is 33.6 Å². The molecule has 0 unspecified atom stereocenters. The Morgan fingerprint density at radius 2 is 1.79 bits per heavy atom. The summed E-state index contributed by atoms with van der Waals surface area (Å²) in [6, 6.07) is 6.58. The van der Waals surface area contributed by atoms with Gasteiger partial charge in [0, 0.05) is 7.11 Å². The fraction of sp³-hybridized carbons (Fsp3) is 0.400. The van der Waals surface area contributed by atoms with Crippen LogP contribution in [-0.2, 0) is 23.7 Å². The maximum absolute atomic E-state index is 11.9. The second-order valence-electron chi connectivity index (χ2n) is 5.34. The maximum atomic E-state index is 11.9. The zero-order valence-electron chi connectivity index (χ0n) is 16.1. The molecular weight excluding hydrogens is 366 g/mol. The monoisotopic (exact) mass is 391 g/mol. The van der Waals surface area contributed by atoms with Crippen LogP contribution in [-0.4, -0.2) is 64.9 Å². The first-order chi connectivity index (χ1) is 13.6. The molecule has 0 atom stereocenters. The van der Waals surface area contributed by atoms with Crippen molar-refractivity contribution in [3.63, 3.8) is 0 Å². The Kier molecular flexibility index (Phi) is 11.8. The highest BCUT2D eigenvalue weighted by molar-refractivity contribution is 5.93. The second kappa shape index (κ2) is 14.2. The standard InChI is InChI=1S/C20H25NO7/c1-24-8-9-26-10-11-27-12-13-28-20(23)17(15-21)5-3-4-16-6-7-18(22)19(14-16)25-2/h3-7,14,22H,8-13H2,1-2H3/b4-3+,17-5+. The van der Waals surface area contributed by atoms with E-state index in [4.69, 9.17) is 28.9 Å². The van der Waals surface area contributed by atoms with Crippen molar-refractivity contribution in [2.24, 2.45) is 0 Å². The largest absolute Gasteiger partial charge is 0.504 e. The molecule has 0 fully saturated rings. The molecule has 1 aromatic rings. The number of phenols is 1. The minimum Gasteiger partial charge on any atom is -0.504 e. The summed E-state index contributed by atoms with van der Waals surface area (Å²) < 4.78 is 25.3. The third-order valence-corrected chi connectivity index (χ3v) is 3.36. The summed E-state index contributed by atoms with van der Waals surface area (Å²) in [7, 11) is 3.04. The lowest BCUT2D eigenvalue weighted by Crippen LogP contribution is -2.14. The van der Waals surface area contributed by atoms with E-state index in [9.17, 15) is 9.90 Å². The molecule has 0 radical (unpaired) electrons. The number of nitriles is 1. The predicted octanol–water partition coefficient (Wildman–Crippen LogP) is 2.09. The molecule has 28 heavy (non-hydrogen) atoms. The lowest BCUT2D eigenvalue weighted by atomic mass is 10.1. The molecule has 1 N–H and O–H groups in total. The normalized spacial score (nSPS) is 11.4. The first-order valence-electron chi connectivity index (χ1n) is 8.59. The zero-order chi connectivity index (χ0) is 20.6. The average Bonchev–Trinajstić information content (AvgIpc) is 2.71. The van der Waals surface area contributed by atoms with Crippen LogP contribution < -0.4 is 4.74 Å². The van der Waals surface area contributed by atoms with E-state index in [1.165, 1.54) is 19.3 Å². The highest BCUT2D eigenvalue weighted by Gasteiger charge is 2.09. The molecule has 0 amide bonds. The van der Waals surface area contributed by atoms with Gasteiger partial charge in [-0.2, -0.15) is 5.26 Å². The zero-order valence-corrected chi connectivity index (χ0v) is 16.1. The number of allylic oxidation sites excluding steroid dienone is 2. The number of ether oxygens (including phenoxy) is 5. The second-order valence-corrected chi connectivity index (χ2v) is 5.34. The summed E-state index contributed by atoms with van der Waals surface area (Å²) in [4.78, 5) is 11.9. The van der Waals surface area contributed by atoms with E-state index in [1.807, 2.05) is 0 Å². The quantitative estimate of drug-likeness (QED) is 0.179. The lowest BCUT2D eigenvalue weighted by Gasteiger charge is -2.06. The molecule has 8 nitrogen and oxygen atoms in total. The molecular formula is C20H25NO7. The number of carbonyl (C=O) groups excluding carboxylic acids is 1. The number of carbonyl (C=O) groups is 1. The Labute approximate surface area is 164 Å². The van der Waals surface area contributed by atoms with Crippen molar-refractivity contribution in [3.05, 3.63) is 41.5 Å². The van der Waals surface area contributed by atoms with E-state index in [-0.39, 0.29) is 24.5 Å². The summed E-state index contributed by atoms with van der Waals surface area (Å²) in [6.07, 6.45) is 4.56. The van der Waals surface area contributed by atoms with Gasteiger partial charge in [-0.1, -0.05) is 18.2 Å². The Morgan fingerprint density at radius 1 is 1.11 bits per heavy atom. The van der Waals surface area contributed by atoms with Crippen LogP contribution in [0.3, 0.4) is 0 Å². The minimum absolute atomic E-state index is 0.0280. The van der Waals surface area contributed by atoms with Crippen molar-refractivity contribution >= 4 is 12.0 Å². The number of nitrogens with zero attached hydrogens (tertiary/aromatic N) is 1. The summed E-state index contributed by atoms with van der Waals surface area (Å²) >= 11 is 0. The Bertz CT molecular complexity index is 707. The van der Waals surface area contributed by atoms with Crippen molar-refractivity contribution in [1.82, 2.24) is 0 Å². The van der Waals surface area contributed by atoms with E-state index < -0.39 is 5.97 Å². The van der Waals surface area contributed by atoms with Gasteiger partial charge < -0.3 is 28.8 Å². The van der Waals surface area contributed by atoms with Crippen molar-refractivity contribution in [2.45, 2.75) is 0 Å². The van der Waals surface area contributed by atoms with Crippen molar-refractivity contribution in [2.75, 3.05) is 53.9 Å². The first kappa shape index (κ1) is 23.2. The molecule has 1 aromatic carbocycles. The van der Waals surface area contributed by atoms with Gasteiger partial charge in [0.25, 0.3) is 0 Å². The molecule has 0 aliphatic carbocycles. The van der Waals surface area contributed by atoms with Crippen LogP contribution in [0.15, 0.2) is 35.9 Å². The molecule has 8 heteroatoms. The molecule has 0 saturated heterocycles. The molecule has 0 heterocycles. The fourth-order valence-corrected chi connectivity index (χ4v) is 1.94. The van der Waals surface area contributed by atoms with Crippen LogP contribution >= 0.6 is 0 Å². The Balaban J connectivity index is 2.37. The summed E-state index contributed by atoms with van der Waals surface area (Å²) in [5.41, 5.74) is 0.600. The molecule has 0 spiro atoms. The highest BCUT2D eigenvalue weighted by Crippen LogP contribution is 2.26.